The molecule has 3 aromatic carbocycles. The van der Waals surface area contributed by atoms with Crippen LogP contribution in [0.2, 0.25) is 0 Å². The van der Waals surface area contributed by atoms with Gasteiger partial charge in [-0.15, -0.1) is 0 Å². The minimum Gasteiger partial charge on any atom is -0.496 e. The van der Waals surface area contributed by atoms with Crippen LogP contribution in [0.25, 0.3) is 10.9 Å². The van der Waals surface area contributed by atoms with Crippen molar-refractivity contribution in [1.82, 2.24) is 9.97 Å². The molecule has 0 bridgehead atoms. The number of aromatic nitrogens is 2. The fourth-order valence-corrected chi connectivity index (χ4v) is 3.22. The molecule has 0 radical (unpaired) electrons. The predicted molar refractivity (Wildman–Crippen MR) is 117 cm³/mol. The van der Waals surface area contributed by atoms with Gasteiger partial charge in [-0.2, -0.15) is 4.98 Å². The molecular formula is C22H19BrN4O. The van der Waals surface area contributed by atoms with E-state index in [1.165, 1.54) is 0 Å². The van der Waals surface area contributed by atoms with Crippen molar-refractivity contribution in [2.24, 2.45) is 0 Å². The third kappa shape index (κ3) is 4.07. The fourth-order valence-electron chi connectivity index (χ4n) is 2.96. The fraction of sp³-hybridized carbons (Fsp3) is 0.0909. The van der Waals surface area contributed by atoms with Crippen molar-refractivity contribution in [3.8, 4) is 5.75 Å². The Morgan fingerprint density at radius 3 is 2.46 bits per heavy atom. The molecular weight excluding hydrogens is 416 g/mol. The second-order valence-electron chi connectivity index (χ2n) is 6.21. The molecule has 0 atom stereocenters. The Kier molecular flexibility index (Phi) is 5.39. The normalized spacial score (nSPS) is 10.6. The summed E-state index contributed by atoms with van der Waals surface area (Å²) in [7, 11) is 1.68. The molecule has 4 rings (SSSR count). The summed E-state index contributed by atoms with van der Waals surface area (Å²) in [6.45, 7) is 0.600. The number of para-hydroxylation sites is 2. The van der Waals surface area contributed by atoms with Crippen molar-refractivity contribution < 1.29 is 4.74 Å². The number of benzene rings is 3. The highest BCUT2D eigenvalue weighted by Gasteiger charge is 2.09. The minimum absolute atomic E-state index is 0.545. The van der Waals surface area contributed by atoms with E-state index in [0.717, 1.165) is 38.2 Å². The lowest BCUT2D eigenvalue weighted by Crippen LogP contribution is -2.06. The van der Waals surface area contributed by atoms with Crippen LogP contribution in [0.15, 0.2) is 77.3 Å². The molecule has 1 heterocycles. The number of nitrogens with one attached hydrogen (secondary N) is 2. The number of anilines is 3. The van der Waals surface area contributed by atoms with E-state index in [2.05, 4.69) is 31.5 Å². The van der Waals surface area contributed by atoms with Crippen LogP contribution < -0.4 is 15.4 Å². The number of halogens is 1. The molecule has 2 N–H and O–H groups in total. The number of fused-ring (bicyclic) bond motifs is 1. The van der Waals surface area contributed by atoms with E-state index in [1.807, 2.05) is 72.8 Å². The predicted octanol–water partition coefficient (Wildman–Crippen LogP) is 5.76. The molecule has 6 heteroatoms. The lowest BCUT2D eigenvalue weighted by molar-refractivity contribution is 0.410. The summed E-state index contributed by atoms with van der Waals surface area (Å²) in [5.74, 6) is 2.17. The lowest BCUT2D eigenvalue weighted by atomic mass is 10.2. The van der Waals surface area contributed by atoms with Gasteiger partial charge >= 0.3 is 0 Å². The van der Waals surface area contributed by atoms with Gasteiger partial charge in [0.25, 0.3) is 0 Å². The number of ether oxygens (including phenoxy) is 1. The Labute approximate surface area is 171 Å². The number of hydrogen-bond donors (Lipinski definition) is 2. The van der Waals surface area contributed by atoms with E-state index in [0.29, 0.717) is 12.5 Å². The maximum absolute atomic E-state index is 5.44. The molecule has 28 heavy (non-hydrogen) atoms. The quantitative estimate of drug-likeness (QED) is 0.404. The van der Waals surface area contributed by atoms with Crippen LogP contribution >= 0.6 is 15.9 Å². The second-order valence-corrected chi connectivity index (χ2v) is 7.13. The van der Waals surface area contributed by atoms with Gasteiger partial charge in [0.2, 0.25) is 5.95 Å². The molecule has 4 aromatic rings. The summed E-state index contributed by atoms with van der Waals surface area (Å²) in [5, 5.41) is 7.68. The average Bonchev–Trinajstić information content (AvgIpc) is 2.74. The van der Waals surface area contributed by atoms with Crippen LogP contribution in [0.5, 0.6) is 5.75 Å². The SMILES string of the molecule is COc1ccccc1CNc1nc(Nc2ccc(Br)cc2)nc2ccccc12. The van der Waals surface area contributed by atoms with E-state index in [1.54, 1.807) is 7.11 Å². The molecule has 0 aliphatic heterocycles. The monoisotopic (exact) mass is 434 g/mol. The molecule has 0 fully saturated rings. The average molecular weight is 435 g/mol. The number of methoxy groups -OCH3 is 1. The van der Waals surface area contributed by atoms with E-state index in [-0.39, 0.29) is 0 Å². The van der Waals surface area contributed by atoms with Gasteiger partial charge in [-0.25, -0.2) is 4.98 Å². The molecule has 0 saturated heterocycles. The van der Waals surface area contributed by atoms with Gasteiger partial charge in [0, 0.05) is 27.7 Å². The maximum Gasteiger partial charge on any atom is 0.229 e. The van der Waals surface area contributed by atoms with Crippen molar-refractivity contribution in [3.63, 3.8) is 0 Å². The van der Waals surface area contributed by atoms with Crippen molar-refractivity contribution >= 4 is 44.3 Å². The summed E-state index contributed by atoms with van der Waals surface area (Å²) in [6, 6.07) is 23.8. The topological polar surface area (TPSA) is 59.1 Å². The van der Waals surface area contributed by atoms with Crippen LogP contribution in [0.3, 0.4) is 0 Å². The summed E-state index contributed by atoms with van der Waals surface area (Å²) in [4.78, 5) is 9.35. The summed E-state index contributed by atoms with van der Waals surface area (Å²) in [5.41, 5.74) is 2.86. The number of rotatable bonds is 6. The molecule has 0 aliphatic rings. The number of nitrogens with zero attached hydrogens (tertiary/aromatic N) is 2. The smallest absolute Gasteiger partial charge is 0.229 e. The Morgan fingerprint density at radius 1 is 0.893 bits per heavy atom. The van der Waals surface area contributed by atoms with Gasteiger partial charge in [0.1, 0.15) is 11.6 Å². The zero-order valence-corrected chi connectivity index (χ0v) is 16.9. The maximum atomic E-state index is 5.44. The first kappa shape index (κ1) is 18.3. The zero-order chi connectivity index (χ0) is 19.3. The van der Waals surface area contributed by atoms with Crippen molar-refractivity contribution in [1.29, 1.82) is 0 Å². The molecule has 0 aliphatic carbocycles. The van der Waals surface area contributed by atoms with Crippen LogP contribution in [-0.4, -0.2) is 17.1 Å². The van der Waals surface area contributed by atoms with Gasteiger partial charge in [-0.1, -0.05) is 46.3 Å². The molecule has 0 spiro atoms. The molecule has 0 saturated carbocycles. The van der Waals surface area contributed by atoms with Gasteiger partial charge in [0.05, 0.1) is 12.6 Å². The zero-order valence-electron chi connectivity index (χ0n) is 15.3. The summed E-state index contributed by atoms with van der Waals surface area (Å²) < 4.78 is 6.47. The highest BCUT2D eigenvalue weighted by Crippen LogP contribution is 2.26. The van der Waals surface area contributed by atoms with Crippen molar-refractivity contribution in [2.75, 3.05) is 17.7 Å². The molecule has 0 amide bonds. The van der Waals surface area contributed by atoms with Crippen LogP contribution in [0, 0.1) is 0 Å². The first-order valence-corrected chi connectivity index (χ1v) is 9.67. The highest BCUT2D eigenvalue weighted by molar-refractivity contribution is 9.10. The number of hydrogen-bond acceptors (Lipinski definition) is 5. The van der Waals surface area contributed by atoms with Gasteiger partial charge in [-0.05, 0) is 42.5 Å². The van der Waals surface area contributed by atoms with E-state index < -0.39 is 0 Å². The van der Waals surface area contributed by atoms with Crippen LogP contribution in [0.4, 0.5) is 17.5 Å². The lowest BCUT2D eigenvalue weighted by Gasteiger charge is -2.13. The Bertz CT molecular complexity index is 1100. The highest BCUT2D eigenvalue weighted by atomic mass is 79.9. The molecule has 0 unspecified atom stereocenters. The Hall–Kier alpha value is -3.12. The van der Waals surface area contributed by atoms with E-state index >= 15 is 0 Å². The molecule has 5 nitrogen and oxygen atoms in total. The third-order valence-electron chi connectivity index (χ3n) is 4.34. The van der Waals surface area contributed by atoms with E-state index in [9.17, 15) is 0 Å². The van der Waals surface area contributed by atoms with E-state index in [4.69, 9.17) is 9.72 Å². The standard InChI is InChI=1S/C22H19BrN4O/c1-28-20-9-5-2-6-15(20)14-24-21-18-7-3-4-8-19(18)26-22(27-21)25-17-12-10-16(23)11-13-17/h2-13H,14H2,1H3,(H2,24,25,26,27). The second kappa shape index (κ2) is 8.27. The summed E-state index contributed by atoms with van der Waals surface area (Å²) >= 11 is 3.45. The van der Waals surface area contributed by atoms with Crippen LogP contribution in [0.1, 0.15) is 5.56 Å². The first-order valence-electron chi connectivity index (χ1n) is 8.88. The van der Waals surface area contributed by atoms with Gasteiger partial charge in [0.15, 0.2) is 0 Å². The van der Waals surface area contributed by atoms with Crippen LogP contribution in [-0.2, 0) is 6.54 Å². The van der Waals surface area contributed by atoms with Gasteiger partial charge < -0.3 is 15.4 Å². The first-order chi connectivity index (χ1) is 13.7. The molecule has 140 valence electrons. The Balaban J connectivity index is 1.65. The van der Waals surface area contributed by atoms with Crippen molar-refractivity contribution in [3.05, 3.63) is 82.8 Å². The summed E-state index contributed by atoms with van der Waals surface area (Å²) in [6.07, 6.45) is 0. The van der Waals surface area contributed by atoms with Gasteiger partial charge in [-0.3, -0.25) is 0 Å². The third-order valence-corrected chi connectivity index (χ3v) is 4.87. The Morgan fingerprint density at radius 2 is 1.64 bits per heavy atom. The minimum atomic E-state index is 0.545. The van der Waals surface area contributed by atoms with Crippen molar-refractivity contribution in [2.45, 2.75) is 6.54 Å². The molecule has 1 aromatic heterocycles. The largest absolute Gasteiger partial charge is 0.496 e.